The van der Waals surface area contributed by atoms with Crippen molar-refractivity contribution in [3.63, 3.8) is 0 Å². The van der Waals surface area contributed by atoms with E-state index < -0.39 is 0 Å². The van der Waals surface area contributed by atoms with Crippen molar-refractivity contribution in [3.05, 3.63) is 24.3 Å². The first kappa shape index (κ1) is 15.8. The Bertz CT molecular complexity index is 642. The lowest BCUT2D eigenvalue weighted by Crippen LogP contribution is -2.24. The highest BCUT2D eigenvalue weighted by molar-refractivity contribution is 8.01. The summed E-state index contributed by atoms with van der Waals surface area (Å²) in [5, 5.41) is 0. The highest BCUT2D eigenvalue weighted by atomic mass is 32.2. The van der Waals surface area contributed by atoms with Gasteiger partial charge >= 0.3 is 5.97 Å². The van der Waals surface area contributed by atoms with Crippen molar-refractivity contribution in [1.29, 1.82) is 0 Å². The molecule has 1 heterocycles. The molecule has 3 rings (SSSR count). The van der Waals surface area contributed by atoms with Crippen LogP contribution in [0.5, 0.6) is 0 Å². The highest BCUT2D eigenvalue weighted by Gasteiger charge is 2.39. The minimum absolute atomic E-state index is 0.0648. The zero-order chi connectivity index (χ0) is 15.7. The first-order valence-electron chi connectivity index (χ1n) is 7.61. The van der Waals surface area contributed by atoms with E-state index in [0.29, 0.717) is 18.3 Å². The van der Waals surface area contributed by atoms with Crippen LogP contribution in [-0.2, 0) is 9.53 Å². The van der Waals surface area contributed by atoms with Gasteiger partial charge in [-0.3, -0.25) is 4.79 Å². The molecule has 5 heteroatoms. The topological polar surface area (TPSA) is 39.2 Å². The minimum atomic E-state index is -0.378. The average molecular weight is 335 g/mol. The molecule has 22 heavy (non-hydrogen) atoms. The molecule has 0 saturated heterocycles. The lowest BCUT2D eigenvalue weighted by atomic mass is 10.2. The molecule has 0 N–H and O–H groups in total. The summed E-state index contributed by atoms with van der Waals surface area (Å²) in [5.74, 6) is 2.11. The summed E-state index contributed by atoms with van der Waals surface area (Å²) in [5.41, 5.74) is 0.702. The van der Waals surface area contributed by atoms with E-state index in [9.17, 15) is 4.79 Å². The Labute approximate surface area is 139 Å². The van der Waals surface area contributed by atoms with Crippen LogP contribution in [0.1, 0.15) is 33.6 Å². The molecule has 3 nitrogen and oxygen atoms in total. The minimum Gasteiger partial charge on any atom is -0.460 e. The van der Waals surface area contributed by atoms with Crippen LogP contribution in [0.4, 0.5) is 0 Å². The number of fused-ring (bicyclic) bond motifs is 1. The van der Waals surface area contributed by atoms with Crippen molar-refractivity contribution >= 4 is 39.3 Å². The highest BCUT2D eigenvalue weighted by Crippen LogP contribution is 2.45. The maximum absolute atomic E-state index is 11.8. The number of hydrogen-bond donors (Lipinski definition) is 0. The van der Waals surface area contributed by atoms with Gasteiger partial charge in [-0.1, -0.05) is 23.9 Å². The van der Waals surface area contributed by atoms with E-state index in [2.05, 4.69) is 17.1 Å². The summed E-state index contributed by atoms with van der Waals surface area (Å²) in [6.45, 7) is 5.74. The van der Waals surface area contributed by atoms with Gasteiger partial charge in [-0.05, 0) is 51.2 Å². The van der Waals surface area contributed by atoms with Crippen molar-refractivity contribution in [2.24, 2.45) is 11.8 Å². The van der Waals surface area contributed by atoms with Crippen LogP contribution >= 0.6 is 23.1 Å². The quantitative estimate of drug-likeness (QED) is 0.583. The van der Waals surface area contributed by atoms with E-state index in [4.69, 9.17) is 4.74 Å². The average Bonchev–Trinajstić information content (AvgIpc) is 3.00. The molecule has 1 aliphatic carbocycles. The molecular formula is C17H21NO2S2. The number of benzene rings is 1. The monoisotopic (exact) mass is 335 g/mol. The Morgan fingerprint density at radius 2 is 2.14 bits per heavy atom. The van der Waals surface area contributed by atoms with Crippen molar-refractivity contribution in [2.75, 3.05) is 5.75 Å². The van der Waals surface area contributed by atoms with Crippen molar-refractivity contribution in [3.8, 4) is 0 Å². The number of esters is 1. The number of rotatable bonds is 5. The molecule has 1 saturated carbocycles. The van der Waals surface area contributed by atoms with Crippen LogP contribution in [0.2, 0.25) is 0 Å². The number of carbonyl (C=O) groups excluding carboxylic acids is 1. The maximum Gasteiger partial charge on any atom is 0.306 e. The molecule has 0 bridgehead atoms. The van der Waals surface area contributed by atoms with Crippen LogP contribution < -0.4 is 0 Å². The lowest BCUT2D eigenvalue weighted by Gasteiger charge is -2.19. The van der Waals surface area contributed by atoms with Gasteiger partial charge in [-0.15, -0.1) is 11.3 Å². The van der Waals surface area contributed by atoms with E-state index >= 15 is 0 Å². The van der Waals surface area contributed by atoms with Crippen molar-refractivity contribution in [2.45, 2.75) is 43.6 Å². The van der Waals surface area contributed by atoms with Gasteiger partial charge in [0.15, 0.2) is 4.34 Å². The zero-order valence-corrected chi connectivity index (χ0v) is 14.8. The molecule has 1 aliphatic rings. The molecule has 2 atom stereocenters. The molecule has 0 spiro atoms. The van der Waals surface area contributed by atoms with Gasteiger partial charge in [-0.2, -0.15) is 0 Å². The van der Waals surface area contributed by atoms with Crippen LogP contribution in [0.3, 0.4) is 0 Å². The first-order valence-corrected chi connectivity index (χ1v) is 9.41. The van der Waals surface area contributed by atoms with E-state index in [-0.39, 0.29) is 11.6 Å². The fourth-order valence-corrected chi connectivity index (χ4v) is 4.79. The molecule has 0 radical (unpaired) electrons. The summed E-state index contributed by atoms with van der Waals surface area (Å²) in [6.07, 6.45) is 1.69. The number of aromatic nitrogens is 1. The van der Waals surface area contributed by atoms with Gasteiger partial charge in [0.25, 0.3) is 0 Å². The van der Waals surface area contributed by atoms with E-state index in [1.54, 1.807) is 11.3 Å². The Morgan fingerprint density at radius 3 is 2.86 bits per heavy atom. The molecule has 118 valence electrons. The van der Waals surface area contributed by atoms with Crippen LogP contribution in [0.25, 0.3) is 10.2 Å². The van der Waals surface area contributed by atoms with E-state index in [1.165, 1.54) is 4.70 Å². The van der Waals surface area contributed by atoms with Crippen LogP contribution in [-0.4, -0.2) is 22.3 Å². The van der Waals surface area contributed by atoms with E-state index in [0.717, 1.165) is 22.0 Å². The normalized spacial score (nSPS) is 21.0. The molecular weight excluding hydrogens is 314 g/mol. The number of ether oxygens (including phenoxy) is 1. The molecule has 0 amide bonds. The first-order chi connectivity index (χ1) is 10.4. The maximum atomic E-state index is 11.8. The third-order valence-electron chi connectivity index (χ3n) is 3.61. The van der Waals surface area contributed by atoms with Gasteiger partial charge in [0, 0.05) is 12.2 Å². The van der Waals surface area contributed by atoms with Crippen molar-refractivity contribution < 1.29 is 9.53 Å². The Kier molecular flexibility index (Phi) is 4.46. The fraction of sp³-hybridized carbons (Fsp3) is 0.529. The largest absolute Gasteiger partial charge is 0.460 e. The van der Waals surface area contributed by atoms with Gasteiger partial charge in [0.1, 0.15) is 5.60 Å². The summed E-state index contributed by atoms with van der Waals surface area (Å²) in [7, 11) is 0. The Balaban J connectivity index is 1.45. The second kappa shape index (κ2) is 6.20. The fourth-order valence-electron chi connectivity index (χ4n) is 2.45. The zero-order valence-electron chi connectivity index (χ0n) is 13.2. The predicted molar refractivity (Wildman–Crippen MR) is 92.4 cm³/mol. The molecule has 0 unspecified atom stereocenters. The van der Waals surface area contributed by atoms with Gasteiger partial charge in [-0.25, -0.2) is 4.98 Å². The number of thioether (sulfide) groups is 1. The van der Waals surface area contributed by atoms with E-state index in [1.807, 2.05) is 44.7 Å². The van der Waals surface area contributed by atoms with Gasteiger partial charge in [0.2, 0.25) is 0 Å². The molecule has 1 fully saturated rings. The summed E-state index contributed by atoms with van der Waals surface area (Å²) in [4.78, 5) is 16.4. The summed E-state index contributed by atoms with van der Waals surface area (Å²) >= 11 is 3.57. The lowest BCUT2D eigenvalue weighted by molar-refractivity contribution is -0.155. The predicted octanol–water partition coefficient (Wildman–Crippen LogP) is 4.76. The number of thiazole rings is 1. The Hall–Kier alpha value is -1.07. The second-order valence-electron chi connectivity index (χ2n) is 6.80. The molecule has 1 aromatic carbocycles. The third-order valence-corrected chi connectivity index (χ3v) is 5.98. The van der Waals surface area contributed by atoms with Crippen molar-refractivity contribution in [1.82, 2.24) is 4.98 Å². The smallest absolute Gasteiger partial charge is 0.306 e. The standard InChI is InChI=1S/C17H21NO2S2/c1-17(2,3)20-15(19)9-11-8-12(11)10-21-16-18-13-6-4-5-7-14(13)22-16/h4-7,11-12H,8-10H2,1-3H3/t11-,12+/m0/s1. The number of para-hydroxylation sites is 1. The van der Waals surface area contributed by atoms with Gasteiger partial charge < -0.3 is 4.74 Å². The molecule has 2 aromatic rings. The van der Waals surface area contributed by atoms with Crippen LogP contribution in [0.15, 0.2) is 28.6 Å². The van der Waals surface area contributed by atoms with Gasteiger partial charge in [0.05, 0.1) is 10.2 Å². The summed E-state index contributed by atoms with van der Waals surface area (Å²) < 4.78 is 7.75. The second-order valence-corrected chi connectivity index (χ2v) is 9.10. The Morgan fingerprint density at radius 1 is 1.36 bits per heavy atom. The SMILES string of the molecule is CC(C)(C)OC(=O)C[C@@H]1C[C@@H]1CSc1nc2ccccc2s1. The number of hydrogen-bond acceptors (Lipinski definition) is 5. The molecule has 0 aliphatic heterocycles. The molecule has 1 aromatic heterocycles. The van der Waals surface area contributed by atoms with Crippen LogP contribution in [0, 0.1) is 11.8 Å². The third kappa shape index (κ3) is 4.23. The number of nitrogens with zero attached hydrogens (tertiary/aromatic N) is 1. The number of carbonyl (C=O) groups is 1. The summed E-state index contributed by atoms with van der Waals surface area (Å²) in [6, 6.07) is 8.23.